The van der Waals surface area contributed by atoms with Gasteiger partial charge in [0, 0.05) is 27.9 Å². The fourth-order valence-electron chi connectivity index (χ4n) is 2.93. The van der Waals surface area contributed by atoms with Crippen molar-refractivity contribution >= 4 is 41.1 Å². The highest BCUT2D eigenvalue weighted by molar-refractivity contribution is 8.02. The summed E-state index contributed by atoms with van der Waals surface area (Å²) < 4.78 is 9.95. The number of aliphatic carboxylic acids is 1. The normalized spacial score (nSPS) is 18.8. The summed E-state index contributed by atoms with van der Waals surface area (Å²) in [4.78, 5) is 39.1. The molecule has 8 nitrogen and oxygen atoms in total. The molecule has 2 aliphatic rings. The van der Waals surface area contributed by atoms with Crippen LogP contribution in [0.5, 0.6) is 0 Å². The number of rotatable bonds is 4. The van der Waals surface area contributed by atoms with Crippen LogP contribution in [0.25, 0.3) is 0 Å². The summed E-state index contributed by atoms with van der Waals surface area (Å²) in [6.07, 6.45) is 1.76. The topological polar surface area (TPSA) is 105 Å². The second-order valence-electron chi connectivity index (χ2n) is 6.06. The van der Waals surface area contributed by atoms with Crippen LogP contribution in [0, 0.1) is 0 Å². The number of hydrogen-bond donors (Lipinski definition) is 2. The van der Waals surface area contributed by atoms with Crippen molar-refractivity contribution < 1.29 is 29.0 Å². The Kier molecular flexibility index (Phi) is 6.30. The Bertz CT molecular complexity index is 860. The van der Waals surface area contributed by atoms with Crippen LogP contribution in [0.15, 0.2) is 28.9 Å². The predicted molar refractivity (Wildman–Crippen MR) is 105 cm³/mol. The highest BCUT2D eigenvalue weighted by atomic mass is 32.2. The number of ether oxygens (including phenoxy) is 2. The van der Waals surface area contributed by atoms with Gasteiger partial charge in [-0.3, -0.25) is 0 Å². The van der Waals surface area contributed by atoms with Crippen molar-refractivity contribution in [3.63, 3.8) is 0 Å². The second-order valence-corrected chi connectivity index (χ2v) is 8.20. The van der Waals surface area contributed by atoms with Crippen molar-refractivity contribution in [2.45, 2.75) is 25.1 Å². The molecule has 1 atom stereocenters. The van der Waals surface area contributed by atoms with Crippen molar-refractivity contribution in [3.8, 4) is 0 Å². The van der Waals surface area contributed by atoms with Gasteiger partial charge in [-0.05, 0) is 25.0 Å². The first-order valence-corrected chi connectivity index (χ1v) is 10.4. The summed E-state index contributed by atoms with van der Waals surface area (Å²) in [7, 11) is 1.29. The fraction of sp³-hybridized carbons (Fsp3) is 0.389. The molecule has 0 saturated heterocycles. The van der Waals surface area contributed by atoms with E-state index >= 15 is 0 Å². The minimum absolute atomic E-state index is 0.0105. The smallest absolute Gasteiger partial charge is 0.410 e. The maximum absolute atomic E-state index is 12.3. The van der Waals surface area contributed by atoms with Crippen LogP contribution in [0.2, 0.25) is 0 Å². The van der Waals surface area contributed by atoms with Crippen LogP contribution < -0.4 is 5.32 Å². The molecule has 0 aliphatic carbocycles. The molecule has 150 valence electrons. The highest BCUT2D eigenvalue weighted by Crippen LogP contribution is 2.44. The first-order chi connectivity index (χ1) is 13.4. The number of carboxylic acid groups (broad SMARTS) is 1. The van der Waals surface area contributed by atoms with Gasteiger partial charge in [0.1, 0.15) is 5.70 Å². The summed E-state index contributed by atoms with van der Waals surface area (Å²) in [5.41, 5.74) is 1.45. The number of thiophene rings is 1. The SMILES string of the molecule is CCOC(=O)N1CCc2cc(C3SC=C(C(=O)O)NC=C3C(=O)OC)sc2C1. The van der Waals surface area contributed by atoms with E-state index in [0.717, 1.165) is 15.3 Å². The number of fused-ring (bicyclic) bond motifs is 1. The molecule has 1 aromatic rings. The lowest BCUT2D eigenvalue weighted by molar-refractivity contribution is -0.136. The Labute approximate surface area is 170 Å². The van der Waals surface area contributed by atoms with E-state index in [-0.39, 0.29) is 11.8 Å². The van der Waals surface area contributed by atoms with E-state index < -0.39 is 17.2 Å². The van der Waals surface area contributed by atoms with Gasteiger partial charge in [0.05, 0.1) is 31.1 Å². The number of carbonyl (C=O) groups excluding carboxylic acids is 2. The predicted octanol–water partition coefficient (Wildman–Crippen LogP) is 2.62. The van der Waals surface area contributed by atoms with Crippen LogP contribution >= 0.6 is 23.1 Å². The molecule has 0 aromatic carbocycles. The molecular weight excluding hydrogens is 404 g/mol. The molecule has 3 heterocycles. The Morgan fingerprint density at radius 3 is 2.86 bits per heavy atom. The third kappa shape index (κ3) is 4.17. The molecule has 1 aromatic heterocycles. The lowest BCUT2D eigenvalue weighted by Gasteiger charge is -2.25. The van der Waals surface area contributed by atoms with E-state index in [1.807, 2.05) is 6.07 Å². The molecule has 2 aliphatic heterocycles. The van der Waals surface area contributed by atoms with Gasteiger partial charge in [-0.2, -0.15) is 0 Å². The molecule has 1 amide bonds. The summed E-state index contributed by atoms with van der Waals surface area (Å²) >= 11 is 2.74. The average molecular weight is 425 g/mol. The number of nitrogens with zero attached hydrogens (tertiary/aromatic N) is 1. The van der Waals surface area contributed by atoms with Gasteiger partial charge in [-0.15, -0.1) is 23.1 Å². The van der Waals surface area contributed by atoms with E-state index in [0.29, 0.717) is 31.7 Å². The Hall–Kier alpha value is -2.46. The zero-order chi connectivity index (χ0) is 20.3. The van der Waals surface area contributed by atoms with Crippen molar-refractivity contribution in [3.05, 3.63) is 44.3 Å². The minimum Gasteiger partial charge on any atom is -0.477 e. The van der Waals surface area contributed by atoms with Crippen LogP contribution in [0.1, 0.15) is 27.5 Å². The van der Waals surface area contributed by atoms with Crippen LogP contribution in [0.4, 0.5) is 4.79 Å². The number of carbonyl (C=O) groups is 3. The maximum Gasteiger partial charge on any atom is 0.410 e. The molecular formula is C18H20N2O6S2. The van der Waals surface area contributed by atoms with Gasteiger partial charge < -0.3 is 24.8 Å². The fourth-order valence-corrected chi connectivity index (χ4v) is 5.43. The van der Waals surface area contributed by atoms with Crippen molar-refractivity contribution in [1.82, 2.24) is 10.2 Å². The quantitative estimate of drug-likeness (QED) is 0.711. The number of hydrogen-bond acceptors (Lipinski definition) is 8. The largest absolute Gasteiger partial charge is 0.477 e. The van der Waals surface area contributed by atoms with Gasteiger partial charge in [-0.1, -0.05) is 0 Å². The molecule has 3 rings (SSSR count). The van der Waals surface area contributed by atoms with Gasteiger partial charge in [0.15, 0.2) is 0 Å². The van der Waals surface area contributed by atoms with Crippen molar-refractivity contribution in [2.24, 2.45) is 0 Å². The van der Waals surface area contributed by atoms with Crippen molar-refractivity contribution in [2.75, 3.05) is 20.3 Å². The van der Waals surface area contributed by atoms with Gasteiger partial charge >= 0.3 is 18.0 Å². The summed E-state index contributed by atoms with van der Waals surface area (Å²) in [5, 5.41) is 13.0. The highest BCUT2D eigenvalue weighted by Gasteiger charge is 2.31. The molecule has 0 bridgehead atoms. The Balaban J connectivity index is 1.88. The van der Waals surface area contributed by atoms with Gasteiger partial charge in [0.2, 0.25) is 0 Å². The Morgan fingerprint density at radius 1 is 1.39 bits per heavy atom. The van der Waals surface area contributed by atoms with E-state index in [1.165, 1.54) is 41.8 Å². The third-order valence-corrected chi connectivity index (χ3v) is 6.85. The standard InChI is InChI=1S/C18H20N2O6S2/c1-3-26-18(24)20-5-4-10-6-13(28-14(10)8-20)15-11(17(23)25-2)7-19-12(9-27-15)16(21)22/h6-7,9,15,19H,3-5,8H2,1-2H3,(H,21,22). The number of thioether (sulfide) groups is 1. The lowest BCUT2D eigenvalue weighted by atomic mass is 10.1. The zero-order valence-corrected chi connectivity index (χ0v) is 17.0. The number of amides is 1. The molecule has 2 N–H and O–H groups in total. The van der Waals surface area contributed by atoms with Crippen LogP contribution in [0.3, 0.4) is 0 Å². The number of esters is 1. The maximum atomic E-state index is 12.3. The monoisotopic (exact) mass is 424 g/mol. The number of methoxy groups -OCH3 is 1. The summed E-state index contributed by atoms with van der Waals surface area (Å²) in [6, 6.07) is 2.02. The molecule has 0 radical (unpaired) electrons. The molecule has 0 fully saturated rings. The average Bonchev–Trinajstić information content (AvgIpc) is 2.97. The zero-order valence-electron chi connectivity index (χ0n) is 15.4. The summed E-state index contributed by atoms with van der Waals surface area (Å²) in [6.45, 7) is 3.13. The van der Waals surface area contributed by atoms with E-state index in [1.54, 1.807) is 11.8 Å². The van der Waals surface area contributed by atoms with Gasteiger partial charge in [0.25, 0.3) is 0 Å². The molecule has 0 spiro atoms. The molecule has 1 unspecified atom stereocenters. The van der Waals surface area contributed by atoms with E-state index in [2.05, 4.69) is 5.32 Å². The second kappa shape index (κ2) is 8.70. The summed E-state index contributed by atoms with van der Waals surface area (Å²) in [5.74, 6) is -1.63. The third-order valence-electron chi connectivity index (χ3n) is 4.32. The first-order valence-electron chi connectivity index (χ1n) is 8.61. The van der Waals surface area contributed by atoms with Crippen LogP contribution in [-0.4, -0.2) is 48.3 Å². The van der Waals surface area contributed by atoms with Crippen molar-refractivity contribution in [1.29, 1.82) is 0 Å². The Morgan fingerprint density at radius 2 is 2.18 bits per heavy atom. The lowest BCUT2D eigenvalue weighted by Crippen LogP contribution is -2.35. The van der Waals surface area contributed by atoms with Gasteiger partial charge in [-0.25, -0.2) is 14.4 Å². The molecule has 0 saturated carbocycles. The van der Waals surface area contributed by atoms with Crippen LogP contribution in [-0.2, 0) is 32.0 Å². The first kappa shape index (κ1) is 20.3. The van der Waals surface area contributed by atoms with E-state index in [4.69, 9.17) is 9.47 Å². The minimum atomic E-state index is -1.11. The molecule has 10 heteroatoms. The molecule has 28 heavy (non-hydrogen) atoms. The number of carboxylic acids is 1. The number of nitrogens with one attached hydrogen (secondary N) is 1. The van der Waals surface area contributed by atoms with E-state index in [9.17, 15) is 19.5 Å².